The zero-order valence-corrected chi connectivity index (χ0v) is 9.24. The Morgan fingerprint density at radius 3 is 2.93 bits per heavy atom. The van der Waals surface area contributed by atoms with Gasteiger partial charge in [-0.1, -0.05) is 6.07 Å². The number of pyridine rings is 1. The molecule has 5 heteroatoms. The lowest BCUT2D eigenvalue weighted by molar-refractivity contribution is -0.136. The highest BCUT2D eigenvalue weighted by Crippen LogP contribution is 2.02. The number of carboxylic acids is 1. The van der Waals surface area contributed by atoms with E-state index in [1.165, 1.54) is 6.92 Å². The van der Waals surface area contributed by atoms with E-state index in [9.17, 15) is 9.00 Å². The predicted octanol–water partition coefficient (Wildman–Crippen LogP) is 0.846. The lowest BCUT2D eigenvalue weighted by Crippen LogP contribution is -2.24. The molecule has 2 atom stereocenters. The van der Waals surface area contributed by atoms with Gasteiger partial charge in [0.15, 0.2) is 0 Å². The van der Waals surface area contributed by atoms with E-state index in [1.54, 1.807) is 18.5 Å². The van der Waals surface area contributed by atoms with Crippen molar-refractivity contribution in [3.63, 3.8) is 0 Å². The maximum Gasteiger partial charge on any atom is 0.318 e. The van der Waals surface area contributed by atoms with Gasteiger partial charge in [-0.2, -0.15) is 0 Å². The molecule has 0 aliphatic heterocycles. The Balaban J connectivity index is 2.44. The van der Waals surface area contributed by atoms with Gasteiger partial charge in [0.25, 0.3) is 0 Å². The summed E-state index contributed by atoms with van der Waals surface area (Å²) in [5, 5.41) is 7.84. The molecule has 2 unspecified atom stereocenters. The van der Waals surface area contributed by atoms with E-state index in [0.717, 1.165) is 5.56 Å². The van der Waals surface area contributed by atoms with Crippen LogP contribution in [0, 0.1) is 0 Å². The van der Waals surface area contributed by atoms with Crippen LogP contribution in [-0.2, 0) is 22.0 Å². The molecule has 0 saturated carbocycles. The van der Waals surface area contributed by atoms with Gasteiger partial charge in [-0.25, -0.2) is 0 Å². The van der Waals surface area contributed by atoms with Crippen LogP contribution < -0.4 is 0 Å². The Bertz CT molecular complexity index is 353. The van der Waals surface area contributed by atoms with Gasteiger partial charge in [-0.05, 0) is 25.0 Å². The molecule has 0 aliphatic carbocycles. The second kappa shape index (κ2) is 5.60. The Morgan fingerprint density at radius 2 is 2.40 bits per heavy atom. The second-order valence-electron chi connectivity index (χ2n) is 3.18. The van der Waals surface area contributed by atoms with Gasteiger partial charge in [0.05, 0.1) is 0 Å². The Hall–Kier alpha value is -1.23. The minimum atomic E-state index is -1.32. The number of nitrogens with zero attached hydrogens (tertiary/aromatic N) is 1. The summed E-state index contributed by atoms with van der Waals surface area (Å²) in [4.78, 5) is 14.5. The lowest BCUT2D eigenvalue weighted by atomic mass is 10.2. The first kappa shape index (κ1) is 11.8. The highest BCUT2D eigenvalue weighted by molar-refractivity contribution is 7.86. The number of hydrogen-bond donors (Lipinski definition) is 1. The van der Waals surface area contributed by atoms with Crippen molar-refractivity contribution in [1.82, 2.24) is 4.98 Å². The smallest absolute Gasteiger partial charge is 0.318 e. The predicted molar refractivity (Wildman–Crippen MR) is 58.0 cm³/mol. The Morgan fingerprint density at radius 1 is 1.67 bits per heavy atom. The molecule has 1 rings (SSSR count). The van der Waals surface area contributed by atoms with Crippen molar-refractivity contribution in [2.24, 2.45) is 0 Å². The molecule has 0 amide bonds. The fourth-order valence-electron chi connectivity index (χ4n) is 1.05. The molecule has 1 aromatic heterocycles. The third-order valence-corrected chi connectivity index (χ3v) is 3.65. The number of aryl methyl sites for hydroxylation is 1. The van der Waals surface area contributed by atoms with E-state index in [0.29, 0.717) is 12.2 Å². The summed E-state index contributed by atoms with van der Waals surface area (Å²) < 4.78 is 11.5. The van der Waals surface area contributed by atoms with Gasteiger partial charge < -0.3 is 5.11 Å². The topological polar surface area (TPSA) is 67.3 Å². The summed E-state index contributed by atoms with van der Waals surface area (Å²) in [5.41, 5.74) is 0.975. The Kier molecular flexibility index (Phi) is 4.42. The molecule has 15 heavy (non-hydrogen) atoms. The van der Waals surface area contributed by atoms with Crippen LogP contribution in [0.15, 0.2) is 24.5 Å². The van der Waals surface area contributed by atoms with Crippen molar-refractivity contribution in [2.45, 2.75) is 18.6 Å². The number of aromatic nitrogens is 1. The summed E-state index contributed by atoms with van der Waals surface area (Å²) in [6.07, 6.45) is 3.96. The average molecular weight is 227 g/mol. The van der Waals surface area contributed by atoms with Gasteiger partial charge in [-0.3, -0.25) is 14.0 Å². The van der Waals surface area contributed by atoms with Crippen LogP contribution in [0.5, 0.6) is 0 Å². The van der Waals surface area contributed by atoms with E-state index >= 15 is 0 Å². The number of hydrogen-bond acceptors (Lipinski definition) is 3. The van der Waals surface area contributed by atoms with Crippen molar-refractivity contribution in [1.29, 1.82) is 0 Å². The fourth-order valence-corrected chi connectivity index (χ4v) is 2.07. The van der Waals surface area contributed by atoms with Gasteiger partial charge in [0, 0.05) is 28.9 Å². The zero-order chi connectivity index (χ0) is 11.3. The van der Waals surface area contributed by atoms with Crippen LogP contribution in [0.4, 0.5) is 0 Å². The third-order valence-electron chi connectivity index (χ3n) is 2.06. The highest BCUT2D eigenvalue weighted by atomic mass is 32.2. The fraction of sp³-hybridized carbons (Fsp3) is 0.400. The minimum absolute atomic E-state index is 0.360. The maximum absolute atomic E-state index is 11.5. The number of carboxylic acid groups (broad SMARTS) is 1. The first-order valence-electron chi connectivity index (χ1n) is 4.60. The van der Waals surface area contributed by atoms with E-state index in [-0.39, 0.29) is 0 Å². The third kappa shape index (κ3) is 3.79. The van der Waals surface area contributed by atoms with E-state index < -0.39 is 22.0 Å². The van der Waals surface area contributed by atoms with Crippen molar-refractivity contribution in [3.8, 4) is 0 Å². The molecule has 0 radical (unpaired) electrons. The molecule has 1 heterocycles. The molecule has 1 aromatic rings. The molecular formula is C10H13NO3S. The van der Waals surface area contributed by atoms with Crippen molar-refractivity contribution >= 4 is 16.8 Å². The molecule has 0 aromatic carbocycles. The van der Waals surface area contributed by atoms with Crippen LogP contribution in [0.1, 0.15) is 12.5 Å². The summed E-state index contributed by atoms with van der Waals surface area (Å²) in [7, 11) is -1.32. The van der Waals surface area contributed by atoms with Gasteiger partial charge in [0.2, 0.25) is 0 Å². The zero-order valence-electron chi connectivity index (χ0n) is 8.42. The maximum atomic E-state index is 11.5. The normalized spacial score (nSPS) is 14.5. The lowest BCUT2D eigenvalue weighted by Gasteiger charge is -2.05. The molecule has 0 fully saturated rings. The number of carbonyl (C=O) groups is 1. The summed E-state index contributed by atoms with van der Waals surface area (Å²) >= 11 is 0. The molecular weight excluding hydrogens is 214 g/mol. The number of aliphatic carboxylic acids is 1. The largest absolute Gasteiger partial charge is 0.480 e. The van der Waals surface area contributed by atoms with Gasteiger partial charge in [0.1, 0.15) is 5.25 Å². The van der Waals surface area contributed by atoms with Crippen molar-refractivity contribution in [3.05, 3.63) is 30.1 Å². The second-order valence-corrected chi connectivity index (χ2v) is 5.05. The summed E-state index contributed by atoms with van der Waals surface area (Å²) in [6.45, 7) is 1.46. The molecule has 1 N–H and O–H groups in total. The van der Waals surface area contributed by atoms with Crippen LogP contribution in [0.25, 0.3) is 0 Å². The van der Waals surface area contributed by atoms with Crippen LogP contribution in [0.2, 0.25) is 0 Å². The monoisotopic (exact) mass is 227 g/mol. The Labute approximate surface area is 90.8 Å². The number of rotatable bonds is 5. The standard InChI is InChI=1S/C10H13NO3S/c1-8(10(12)13)15(14)6-4-9-3-2-5-11-7-9/h2-3,5,7-8H,4,6H2,1H3,(H,12,13). The quantitative estimate of drug-likeness (QED) is 0.809. The molecule has 82 valence electrons. The first-order valence-corrected chi connectivity index (χ1v) is 5.98. The van der Waals surface area contributed by atoms with Crippen LogP contribution >= 0.6 is 0 Å². The van der Waals surface area contributed by atoms with Gasteiger partial charge >= 0.3 is 5.97 Å². The van der Waals surface area contributed by atoms with Crippen molar-refractivity contribution in [2.75, 3.05) is 5.75 Å². The summed E-state index contributed by atoms with van der Waals surface area (Å²) in [5.74, 6) is -0.654. The summed E-state index contributed by atoms with van der Waals surface area (Å²) in [6, 6.07) is 3.69. The highest BCUT2D eigenvalue weighted by Gasteiger charge is 2.18. The first-order chi connectivity index (χ1) is 7.11. The van der Waals surface area contributed by atoms with E-state index in [4.69, 9.17) is 5.11 Å². The molecule has 0 saturated heterocycles. The average Bonchev–Trinajstić information content (AvgIpc) is 2.26. The van der Waals surface area contributed by atoms with Gasteiger partial charge in [-0.15, -0.1) is 0 Å². The molecule has 0 bridgehead atoms. The molecule has 0 aliphatic rings. The van der Waals surface area contributed by atoms with Crippen molar-refractivity contribution < 1.29 is 14.1 Å². The SMILES string of the molecule is CC(C(=O)O)S(=O)CCc1cccnc1. The van der Waals surface area contributed by atoms with E-state index in [2.05, 4.69) is 4.98 Å². The molecule has 4 nitrogen and oxygen atoms in total. The van der Waals surface area contributed by atoms with Crippen LogP contribution in [0.3, 0.4) is 0 Å². The molecule has 0 spiro atoms. The minimum Gasteiger partial charge on any atom is -0.480 e. The van der Waals surface area contributed by atoms with Crippen LogP contribution in [-0.4, -0.2) is 31.3 Å². The van der Waals surface area contributed by atoms with E-state index in [1.807, 2.05) is 6.07 Å².